The molecule has 11 heteroatoms. The van der Waals surface area contributed by atoms with Gasteiger partial charge >= 0.3 is 11.6 Å². The molecule has 0 unspecified atom stereocenters. The highest BCUT2D eigenvalue weighted by Crippen LogP contribution is 2.24. The summed E-state index contributed by atoms with van der Waals surface area (Å²) in [7, 11) is 0. The number of benzene rings is 2. The third-order valence-corrected chi connectivity index (χ3v) is 4.71. The third-order valence-electron chi connectivity index (χ3n) is 4.71. The van der Waals surface area contributed by atoms with Gasteiger partial charge in [-0.25, -0.2) is 4.98 Å². The van der Waals surface area contributed by atoms with Crippen LogP contribution in [0.4, 0.5) is 17.3 Å². The quantitative estimate of drug-likeness (QED) is 0.255. The predicted molar refractivity (Wildman–Crippen MR) is 113 cm³/mol. The summed E-state index contributed by atoms with van der Waals surface area (Å²) in [5.41, 5.74) is 7.69. The molecule has 9 N–H and O–H groups in total. The van der Waals surface area contributed by atoms with Crippen LogP contribution in [0.2, 0.25) is 0 Å². The molecular formula is C20H23N5O6. The van der Waals surface area contributed by atoms with Crippen molar-refractivity contribution in [1.29, 1.82) is 0 Å². The smallest absolute Gasteiger partial charge is 0.310 e. The Labute approximate surface area is 176 Å². The maximum atomic E-state index is 12.3. The number of hydrogen-bond donors (Lipinski definition) is 8. The number of nitrogen functional groups attached to an aromatic ring is 1. The number of aromatic amines is 1. The van der Waals surface area contributed by atoms with Crippen molar-refractivity contribution in [2.75, 3.05) is 16.4 Å². The number of rotatable bonds is 6. The normalized spacial score (nSPS) is 12.2. The number of nitrogens with zero attached hydrogens (tertiary/aromatic N) is 1. The Hall–Kier alpha value is -3.51. The minimum atomic E-state index is -3.88. The van der Waals surface area contributed by atoms with Crippen molar-refractivity contribution in [2.45, 2.75) is 31.3 Å². The van der Waals surface area contributed by atoms with Crippen LogP contribution in [0.25, 0.3) is 11.0 Å². The first-order chi connectivity index (χ1) is 14.4. The van der Waals surface area contributed by atoms with Crippen molar-refractivity contribution in [3.05, 3.63) is 48.0 Å². The van der Waals surface area contributed by atoms with Crippen LogP contribution in [0.3, 0.4) is 0 Å². The van der Waals surface area contributed by atoms with Crippen molar-refractivity contribution in [1.82, 2.24) is 9.97 Å². The number of amides is 2. The SMILES string of the molecule is CC(C)c1ccc(NC(=O)C(O)(O)C(O)(O)C(=O)Nc2ccc3nc(N)[nH]c3c2)cc1. The van der Waals surface area contributed by atoms with E-state index in [0.717, 1.165) is 5.56 Å². The molecule has 11 nitrogen and oxygen atoms in total. The summed E-state index contributed by atoms with van der Waals surface area (Å²) >= 11 is 0. The summed E-state index contributed by atoms with van der Waals surface area (Å²) in [6.07, 6.45) is 0. The van der Waals surface area contributed by atoms with E-state index in [1.807, 2.05) is 13.8 Å². The van der Waals surface area contributed by atoms with E-state index in [0.29, 0.717) is 11.0 Å². The number of nitrogens with one attached hydrogen (secondary N) is 3. The molecule has 0 aliphatic heterocycles. The van der Waals surface area contributed by atoms with E-state index in [9.17, 15) is 30.0 Å². The number of aliphatic hydroxyl groups is 4. The van der Waals surface area contributed by atoms with Crippen molar-refractivity contribution in [3.63, 3.8) is 0 Å². The Kier molecular flexibility index (Phi) is 5.70. The zero-order chi connectivity index (χ0) is 23.0. The topological polar surface area (TPSA) is 194 Å². The molecule has 0 radical (unpaired) electrons. The lowest BCUT2D eigenvalue weighted by atomic mass is 10.0. The Morgan fingerprint density at radius 1 is 0.935 bits per heavy atom. The Morgan fingerprint density at radius 3 is 2.00 bits per heavy atom. The van der Waals surface area contributed by atoms with E-state index in [2.05, 4.69) is 20.6 Å². The van der Waals surface area contributed by atoms with Crippen molar-refractivity contribution >= 4 is 40.2 Å². The predicted octanol–water partition coefficient (Wildman–Crippen LogP) is 0.207. The maximum absolute atomic E-state index is 12.3. The minimum Gasteiger partial charge on any atom is -0.369 e. The third kappa shape index (κ3) is 4.34. The van der Waals surface area contributed by atoms with Crippen LogP contribution in [0, 0.1) is 0 Å². The summed E-state index contributed by atoms with van der Waals surface area (Å²) in [5, 5.41) is 44.6. The molecule has 1 aromatic heterocycles. The van der Waals surface area contributed by atoms with E-state index in [4.69, 9.17) is 5.73 Å². The molecule has 2 aromatic carbocycles. The number of carbonyl (C=O) groups excluding carboxylic acids is 2. The Bertz CT molecular complexity index is 1120. The fourth-order valence-electron chi connectivity index (χ4n) is 2.81. The minimum absolute atomic E-state index is 0.0640. The molecule has 0 saturated carbocycles. The van der Waals surface area contributed by atoms with Gasteiger partial charge in [0, 0.05) is 11.4 Å². The first-order valence-corrected chi connectivity index (χ1v) is 9.29. The highest BCUT2D eigenvalue weighted by atomic mass is 16.6. The van der Waals surface area contributed by atoms with Crippen LogP contribution in [-0.4, -0.2) is 53.8 Å². The fraction of sp³-hybridized carbons (Fsp3) is 0.250. The Balaban J connectivity index is 1.75. The highest BCUT2D eigenvalue weighted by molar-refractivity contribution is 6.05. The standard InChI is InChI=1S/C20H23N5O6/c1-10(2)11-3-5-12(6-4-11)22-16(26)19(28,29)20(30,31)17(27)23-13-7-8-14-15(9-13)25-18(21)24-14/h3-10,28-31H,1-2H3,(H,22,26)(H,23,27)(H3,21,24,25). The van der Waals surface area contributed by atoms with Gasteiger partial charge in [-0.2, -0.15) is 0 Å². The van der Waals surface area contributed by atoms with Gasteiger partial charge in [0.2, 0.25) is 0 Å². The van der Waals surface area contributed by atoms with Crippen molar-refractivity contribution < 1.29 is 30.0 Å². The van der Waals surface area contributed by atoms with Gasteiger partial charge < -0.3 is 41.8 Å². The largest absolute Gasteiger partial charge is 0.369 e. The molecule has 2 amide bonds. The molecule has 0 aliphatic rings. The molecule has 0 saturated heterocycles. The number of nitrogens with two attached hydrogens (primary N) is 1. The van der Waals surface area contributed by atoms with E-state index in [1.54, 1.807) is 12.1 Å². The molecule has 31 heavy (non-hydrogen) atoms. The molecule has 0 bridgehead atoms. The fourth-order valence-corrected chi connectivity index (χ4v) is 2.81. The van der Waals surface area contributed by atoms with Gasteiger partial charge in [-0.05, 0) is 41.8 Å². The van der Waals surface area contributed by atoms with Gasteiger partial charge in [0.05, 0.1) is 11.0 Å². The molecule has 164 valence electrons. The van der Waals surface area contributed by atoms with Gasteiger partial charge in [-0.15, -0.1) is 0 Å². The highest BCUT2D eigenvalue weighted by Gasteiger charge is 2.59. The van der Waals surface area contributed by atoms with Crippen molar-refractivity contribution in [3.8, 4) is 0 Å². The van der Waals surface area contributed by atoms with Crippen LogP contribution >= 0.6 is 0 Å². The number of anilines is 3. The number of carbonyl (C=O) groups is 2. The van der Waals surface area contributed by atoms with Crippen LogP contribution in [-0.2, 0) is 9.59 Å². The second-order valence-corrected chi connectivity index (χ2v) is 7.38. The molecule has 0 atom stereocenters. The molecule has 1 heterocycles. The summed E-state index contributed by atoms with van der Waals surface area (Å²) in [6.45, 7) is 3.95. The van der Waals surface area contributed by atoms with Crippen LogP contribution in [0.15, 0.2) is 42.5 Å². The summed E-state index contributed by atoms with van der Waals surface area (Å²) in [6, 6.07) is 10.7. The zero-order valence-electron chi connectivity index (χ0n) is 16.7. The lowest BCUT2D eigenvalue weighted by Gasteiger charge is -2.32. The summed E-state index contributed by atoms with van der Waals surface area (Å²) in [4.78, 5) is 31.3. The molecule has 3 rings (SSSR count). The molecule has 3 aromatic rings. The van der Waals surface area contributed by atoms with Crippen LogP contribution in [0.5, 0.6) is 0 Å². The number of fused-ring (bicyclic) bond motifs is 1. The second kappa shape index (κ2) is 7.96. The van der Waals surface area contributed by atoms with Gasteiger partial charge in [0.25, 0.3) is 11.8 Å². The summed E-state index contributed by atoms with van der Waals surface area (Å²) < 4.78 is 0. The lowest BCUT2D eigenvalue weighted by molar-refractivity contribution is -0.315. The van der Waals surface area contributed by atoms with Crippen LogP contribution in [0.1, 0.15) is 25.3 Å². The second-order valence-electron chi connectivity index (χ2n) is 7.38. The first-order valence-electron chi connectivity index (χ1n) is 9.29. The van der Waals surface area contributed by atoms with E-state index >= 15 is 0 Å². The number of imidazole rings is 1. The van der Waals surface area contributed by atoms with Crippen molar-refractivity contribution in [2.24, 2.45) is 0 Å². The number of aromatic nitrogens is 2. The lowest BCUT2D eigenvalue weighted by Crippen LogP contribution is -2.66. The molecular weight excluding hydrogens is 406 g/mol. The van der Waals surface area contributed by atoms with E-state index in [1.165, 1.54) is 30.3 Å². The maximum Gasteiger partial charge on any atom is 0.310 e. The molecule has 0 spiro atoms. The number of hydrogen-bond acceptors (Lipinski definition) is 8. The average molecular weight is 429 g/mol. The monoisotopic (exact) mass is 429 g/mol. The van der Waals surface area contributed by atoms with Gasteiger partial charge in [-0.3, -0.25) is 9.59 Å². The molecule has 0 fully saturated rings. The zero-order valence-corrected chi connectivity index (χ0v) is 16.7. The number of H-pyrrole nitrogens is 1. The van der Waals surface area contributed by atoms with Gasteiger partial charge in [-0.1, -0.05) is 26.0 Å². The summed E-state index contributed by atoms with van der Waals surface area (Å²) in [5.74, 6) is -10.6. The van der Waals surface area contributed by atoms with E-state index in [-0.39, 0.29) is 23.2 Å². The van der Waals surface area contributed by atoms with E-state index < -0.39 is 23.4 Å². The molecule has 0 aliphatic carbocycles. The van der Waals surface area contributed by atoms with Gasteiger partial charge in [0.1, 0.15) is 0 Å². The first kappa shape index (κ1) is 22.2. The van der Waals surface area contributed by atoms with Gasteiger partial charge in [0.15, 0.2) is 5.95 Å². The van der Waals surface area contributed by atoms with Crippen LogP contribution < -0.4 is 16.4 Å². The Morgan fingerprint density at radius 2 is 1.45 bits per heavy atom. The average Bonchev–Trinajstić information content (AvgIpc) is 3.07.